The van der Waals surface area contributed by atoms with Crippen molar-refractivity contribution in [1.82, 2.24) is 10.2 Å². The minimum atomic E-state index is -0.298. The van der Waals surface area contributed by atoms with Crippen LogP contribution < -0.4 is 10.1 Å². The van der Waals surface area contributed by atoms with Crippen molar-refractivity contribution in [2.45, 2.75) is 40.7 Å². The molecule has 1 amide bonds. The van der Waals surface area contributed by atoms with Crippen molar-refractivity contribution in [3.63, 3.8) is 0 Å². The molecular formula is C18H26N2O3. The average molecular weight is 318 g/mol. The molecule has 5 heteroatoms. The summed E-state index contributed by atoms with van der Waals surface area (Å²) >= 11 is 0. The summed E-state index contributed by atoms with van der Waals surface area (Å²) < 4.78 is 5.27. The van der Waals surface area contributed by atoms with Crippen molar-refractivity contribution in [1.29, 1.82) is 0 Å². The van der Waals surface area contributed by atoms with Crippen molar-refractivity contribution in [2.24, 2.45) is 5.92 Å². The SMILES string of the molecule is CCNC(=O)[C@@H]1CCN(Cc2cc(C)c(OC(C)=O)c(C)c2)C1. The van der Waals surface area contributed by atoms with Gasteiger partial charge < -0.3 is 10.1 Å². The van der Waals surface area contributed by atoms with E-state index in [1.165, 1.54) is 12.5 Å². The molecule has 0 bridgehead atoms. The summed E-state index contributed by atoms with van der Waals surface area (Å²) in [7, 11) is 0. The molecular weight excluding hydrogens is 292 g/mol. The van der Waals surface area contributed by atoms with Gasteiger partial charge in [-0.2, -0.15) is 0 Å². The third-order valence-corrected chi connectivity index (χ3v) is 4.17. The first kappa shape index (κ1) is 17.5. The van der Waals surface area contributed by atoms with E-state index < -0.39 is 0 Å². The van der Waals surface area contributed by atoms with Crippen LogP contribution in [0.25, 0.3) is 0 Å². The molecule has 0 saturated carbocycles. The van der Waals surface area contributed by atoms with Gasteiger partial charge in [0.05, 0.1) is 5.92 Å². The van der Waals surface area contributed by atoms with Gasteiger partial charge in [0, 0.05) is 26.6 Å². The molecule has 1 N–H and O–H groups in total. The Morgan fingerprint density at radius 1 is 1.30 bits per heavy atom. The second-order valence-electron chi connectivity index (χ2n) is 6.27. The van der Waals surface area contributed by atoms with Crippen LogP contribution in [0.2, 0.25) is 0 Å². The van der Waals surface area contributed by atoms with Crippen molar-refractivity contribution in [3.8, 4) is 5.75 Å². The van der Waals surface area contributed by atoms with E-state index in [2.05, 4.69) is 22.3 Å². The van der Waals surface area contributed by atoms with Crippen LogP contribution in [0, 0.1) is 19.8 Å². The van der Waals surface area contributed by atoms with E-state index in [4.69, 9.17) is 4.74 Å². The van der Waals surface area contributed by atoms with Crippen molar-refractivity contribution < 1.29 is 14.3 Å². The van der Waals surface area contributed by atoms with Crippen molar-refractivity contribution in [3.05, 3.63) is 28.8 Å². The van der Waals surface area contributed by atoms with Gasteiger partial charge >= 0.3 is 5.97 Å². The summed E-state index contributed by atoms with van der Waals surface area (Å²) in [5.74, 6) is 0.612. The van der Waals surface area contributed by atoms with Crippen LogP contribution in [-0.4, -0.2) is 36.4 Å². The normalized spacial score (nSPS) is 18.0. The van der Waals surface area contributed by atoms with Crippen LogP contribution in [0.5, 0.6) is 5.75 Å². The number of esters is 1. The Morgan fingerprint density at radius 3 is 2.52 bits per heavy atom. The summed E-state index contributed by atoms with van der Waals surface area (Å²) in [5.41, 5.74) is 3.12. The van der Waals surface area contributed by atoms with E-state index in [0.717, 1.165) is 37.2 Å². The van der Waals surface area contributed by atoms with Gasteiger partial charge in [-0.15, -0.1) is 0 Å². The Morgan fingerprint density at radius 2 is 1.96 bits per heavy atom. The molecule has 1 aromatic carbocycles. The highest BCUT2D eigenvalue weighted by Gasteiger charge is 2.27. The fourth-order valence-corrected chi connectivity index (χ4v) is 3.20. The molecule has 2 rings (SSSR count). The zero-order valence-electron chi connectivity index (χ0n) is 14.4. The van der Waals surface area contributed by atoms with Gasteiger partial charge in [-0.1, -0.05) is 12.1 Å². The number of carbonyl (C=O) groups excluding carboxylic acids is 2. The lowest BCUT2D eigenvalue weighted by molar-refractivity contribution is -0.132. The maximum atomic E-state index is 11.9. The summed E-state index contributed by atoms with van der Waals surface area (Å²) in [6.07, 6.45) is 0.912. The second kappa shape index (κ2) is 7.59. The third kappa shape index (κ3) is 4.55. The van der Waals surface area contributed by atoms with Gasteiger partial charge in [-0.3, -0.25) is 14.5 Å². The molecule has 1 fully saturated rings. The van der Waals surface area contributed by atoms with Gasteiger partial charge in [0.2, 0.25) is 5.91 Å². The predicted molar refractivity (Wildman–Crippen MR) is 89.3 cm³/mol. The average Bonchev–Trinajstić information content (AvgIpc) is 2.91. The Kier molecular flexibility index (Phi) is 5.77. The molecule has 1 aromatic rings. The zero-order chi connectivity index (χ0) is 17.0. The maximum Gasteiger partial charge on any atom is 0.308 e. The number of likely N-dealkylation sites (tertiary alicyclic amines) is 1. The number of benzene rings is 1. The fourth-order valence-electron chi connectivity index (χ4n) is 3.20. The minimum Gasteiger partial charge on any atom is -0.426 e. The minimum absolute atomic E-state index is 0.0949. The van der Waals surface area contributed by atoms with Gasteiger partial charge in [-0.05, 0) is 50.4 Å². The lowest BCUT2D eigenvalue weighted by Gasteiger charge is -2.18. The van der Waals surface area contributed by atoms with E-state index in [1.807, 2.05) is 20.8 Å². The van der Waals surface area contributed by atoms with Gasteiger partial charge in [0.15, 0.2) is 0 Å². The molecule has 1 aliphatic rings. The van der Waals surface area contributed by atoms with E-state index in [9.17, 15) is 9.59 Å². The first-order valence-electron chi connectivity index (χ1n) is 8.19. The van der Waals surface area contributed by atoms with Gasteiger partial charge in [-0.25, -0.2) is 0 Å². The molecule has 5 nitrogen and oxygen atoms in total. The molecule has 1 atom stereocenters. The highest BCUT2D eigenvalue weighted by molar-refractivity contribution is 5.79. The third-order valence-electron chi connectivity index (χ3n) is 4.17. The topological polar surface area (TPSA) is 58.6 Å². The van der Waals surface area contributed by atoms with E-state index >= 15 is 0 Å². The standard InChI is InChI=1S/C18H26N2O3/c1-5-19-18(22)16-6-7-20(11-16)10-15-8-12(2)17(13(3)9-15)23-14(4)21/h8-9,16H,5-7,10-11H2,1-4H3,(H,19,22)/t16-/m1/s1. The highest BCUT2D eigenvalue weighted by atomic mass is 16.5. The Labute approximate surface area is 138 Å². The van der Waals surface area contributed by atoms with Crippen LogP contribution in [0.4, 0.5) is 0 Å². The summed E-state index contributed by atoms with van der Waals surface area (Å²) in [6.45, 7) is 10.5. The largest absolute Gasteiger partial charge is 0.426 e. The fraction of sp³-hybridized carbons (Fsp3) is 0.556. The van der Waals surface area contributed by atoms with Crippen molar-refractivity contribution in [2.75, 3.05) is 19.6 Å². The van der Waals surface area contributed by atoms with Crippen LogP contribution in [0.1, 0.15) is 37.0 Å². The molecule has 0 radical (unpaired) electrons. The van der Waals surface area contributed by atoms with E-state index in [-0.39, 0.29) is 17.8 Å². The van der Waals surface area contributed by atoms with Crippen LogP contribution >= 0.6 is 0 Å². The smallest absolute Gasteiger partial charge is 0.308 e. The maximum absolute atomic E-state index is 11.9. The quantitative estimate of drug-likeness (QED) is 0.668. The summed E-state index contributed by atoms with van der Waals surface area (Å²) in [4.78, 5) is 25.4. The first-order chi connectivity index (χ1) is 10.9. The Balaban J connectivity index is 2.01. The monoisotopic (exact) mass is 318 g/mol. The van der Waals surface area contributed by atoms with Crippen molar-refractivity contribution >= 4 is 11.9 Å². The summed E-state index contributed by atoms with van der Waals surface area (Å²) in [5, 5.41) is 2.90. The molecule has 0 unspecified atom stereocenters. The number of carbonyl (C=O) groups is 2. The number of aryl methyl sites for hydroxylation is 2. The Hall–Kier alpha value is -1.88. The number of ether oxygens (including phenoxy) is 1. The number of nitrogens with one attached hydrogen (secondary N) is 1. The van der Waals surface area contributed by atoms with E-state index in [1.54, 1.807) is 0 Å². The lowest BCUT2D eigenvalue weighted by atomic mass is 10.1. The first-order valence-corrected chi connectivity index (χ1v) is 8.19. The number of hydrogen-bond donors (Lipinski definition) is 1. The number of amides is 1. The number of rotatable bonds is 5. The predicted octanol–water partition coefficient (Wildman–Crippen LogP) is 2.19. The summed E-state index contributed by atoms with van der Waals surface area (Å²) in [6, 6.07) is 4.12. The second-order valence-corrected chi connectivity index (χ2v) is 6.27. The molecule has 126 valence electrons. The lowest BCUT2D eigenvalue weighted by Crippen LogP contribution is -2.32. The molecule has 1 heterocycles. The molecule has 1 aliphatic heterocycles. The van der Waals surface area contributed by atoms with Crippen LogP contribution in [-0.2, 0) is 16.1 Å². The van der Waals surface area contributed by atoms with Crippen LogP contribution in [0.3, 0.4) is 0 Å². The highest BCUT2D eigenvalue weighted by Crippen LogP contribution is 2.27. The molecule has 0 aromatic heterocycles. The molecule has 0 spiro atoms. The van der Waals surface area contributed by atoms with Gasteiger partial charge in [0.1, 0.15) is 5.75 Å². The molecule has 0 aliphatic carbocycles. The molecule has 23 heavy (non-hydrogen) atoms. The zero-order valence-corrected chi connectivity index (χ0v) is 14.4. The number of hydrogen-bond acceptors (Lipinski definition) is 4. The molecule has 1 saturated heterocycles. The van der Waals surface area contributed by atoms with Gasteiger partial charge in [0.25, 0.3) is 0 Å². The Bertz CT molecular complexity index is 575. The van der Waals surface area contributed by atoms with E-state index in [0.29, 0.717) is 12.3 Å². The van der Waals surface area contributed by atoms with Crippen LogP contribution in [0.15, 0.2) is 12.1 Å². The number of nitrogens with zero attached hydrogens (tertiary/aromatic N) is 1.